The molecule has 0 spiro atoms. The van der Waals surface area contributed by atoms with Crippen LogP contribution in [0.5, 0.6) is 0 Å². The minimum atomic E-state index is -2.94. The molecule has 15 heteroatoms. The highest BCUT2D eigenvalue weighted by Crippen LogP contribution is 2.44. The lowest BCUT2D eigenvalue weighted by Crippen LogP contribution is -2.32. The fraction of sp³-hybridized carbons (Fsp3) is 0.316. The Morgan fingerprint density at radius 1 is 0.356 bits per heavy atom. The summed E-state index contributed by atoms with van der Waals surface area (Å²) in [4.78, 5) is 22.1. The maximum atomic E-state index is 8.70. The van der Waals surface area contributed by atoms with Crippen molar-refractivity contribution in [2.24, 2.45) is 47.0 Å². The third kappa shape index (κ3) is 18.3. The van der Waals surface area contributed by atoms with E-state index in [1.807, 2.05) is 149 Å². The summed E-state index contributed by atoms with van der Waals surface area (Å²) in [5.74, 6) is -9.29. The topological polar surface area (TPSA) is 150 Å². The molecule has 20 aromatic rings. The van der Waals surface area contributed by atoms with Crippen LogP contribution in [0.25, 0.3) is 167 Å². The Morgan fingerprint density at radius 3 is 1.14 bits per heavy atom. The molecule has 0 saturated heterocycles. The second kappa shape index (κ2) is 38.2. The normalized spacial score (nSPS) is 17.8. The van der Waals surface area contributed by atoms with E-state index in [1.54, 1.807) is 101 Å². The molecule has 0 aliphatic rings. The van der Waals surface area contributed by atoms with Crippen LogP contribution >= 0.6 is 0 Å². The summed E-state index contributed by atoms with van der Waals surface area (Å²) in [6.45, 7) is 9.27. The first kappa shape index (κ1) is 59.8. The molecule has 0 aliphatic carbocycles. The number of benzene rings is 5. The van der Waals surface area contributed by atoms with Gasteiger partial charge in [0.2, 0.25) is 57.0 Å². The van der Waals surface area contributed by atoms with Crippen molar-refractivity contribution in [2.75, 3.05) is 0 Å². The van der Waals surface area contributed by atoms with E-state index in [0.717, 1.165) is 120 Å². The lowest BCUT2D eigenvalue weighted by Gasteiger charge is -2.12. The van der Waals surface area contributed by atoms with Crippen LogP contribution in [0.3, 0.4) is 0 Å². The smallest absolute Gasteiger partial charge is 0.227 e. The molecule has 15 nitrogen and oxygen atoms in total. The third-order valence-electron chi connectivity index (χ3n) is 23.7. The van der Waals surface area contributed by atoms with Crippen molar-refractivity contribution in [1.82, 2.24) is 24.9 Å². The molecular weight excluding hydrogens is 1630 g/mol. The zero-order valence-electron chi connectivity index (χ0n) is 110. The highest BCUT2D eigenvalue weighted by atomic mass is 16.4. The summed E-state index contributed by atoms with van der Waals surface area (Å²) in [6, 6.07) is 49.3. The summed E-state index contributed by atoms with van der Waals surface area (Å²) >= 11 is 0. The summed E-state index contributed by atoms with van der Waals surface area (Å²) in [7, 11) is 9.04. The molecule has 0 aliphatic heterocycles. The van der Waals surface area contributed by atoms with Crippen molar-refractivity contribution in [2.45, 2.75) is 201 Å². The van der Waals surface area contributed by atoms with Gasteiger partial charge in [0.05, 0.1) is 29.2 Å². The minimum absolute atomic E-state index is 0.00521. The quantitative estimate of drug-likeness (QED) is 0.0856. The number of furan rings is 5. The van der Waals surface area contributed by atoms with E-state index in [1.165, 1.54) is 47.4 Å². The predicted molar refractivity (Wildman–Crippen MR) is 541 cm³/mol. The second-order valence-electron chi connectivity index (χ2n) is 34.0. The molecule has 15 aromatic heterocycles. The molecule has 3 unspecified atom stereocenters. The van der Waals surface area contributed by atoms with Gasteiger partial charge in [0.25, 0.3) is 0 Å². The van der Waals surface area contributed by atoms with E-state index in [9.17, 15) is 0 Å². The number of pyridine rings is 10. The van der Waals surface area contributed by atoms with Gasteiger partial charge in [0.1, 0.15) is 35.2 Å². The van der Waals surface area contributed by atoms with Crippen LogP contribution in [0.4, 0.5) is 0 Å². The van der Waals surface area contributed by atoms with Crippen LogP contribution in [-0.2, 0) is 60.7 Å². The van der Waals surface area contributed by atoms with Crippen molar-refractivity contribution >= 4 is 110 Å². The maximum Gasteiger partial charge on any atom is 0.227 e. The second-order valence-corrected chi connectivity index (χ2v) is 34.0. The Balaban J connectivity index is 0.000000145. The van der Waals surface area contributed by atoms with E-state index < -0.39 is 96.1 Å². The molecule has 0 bridgehead atoms. The molecule has 132 heavy (non-hydrogen) atoms. The summed E-state index contributed by atoms with van der Waals surface area (Å²) in [5.41, 5.74) is 19.2. The van der Waals surface area contributed by atoms with Gasteiger partial charge in [-0.15, -0.1) is 0 Å². The lowest BCUT2D eigenvalue weighted by atomic mass is 9.94. The van der Waals surface area contributed by atoms with Crippen LogP contribution in [-0.4, -0.2) is 24.9 Å². The summed E-state index contributed by atoms with van der Waals surface area (Å²) in [5, 5.41) is 8.11. The van der Waals surface area contributed by atoms with E-state index >= 15 is 0 Å². The first-order valence-corrected chi connectivity index (χ1v) is 43.7. The third-order valence-corrected chi connectivity index (χ3v) is 23.7. The van der Waals surface area contributed by atoms with Crippen molar-refractivity contribution in [3.8, 4) is 56.3 Å². The van der Waals surface area contributed by atoms with Gasteiger partial charge in [-0.2, -0.15) is 0 Å². The van der Waals surface area contributed by atoms with Gasteiger partial charge in [0, 0.05) is 184 Å². The summed E-state index contributed by atoms with van der Waals surface area (Å²) < 4.78 is 298. The van der Waals surface area contributed by atoms with Crippen LogP contribution in [0, 0.1) is 73.9 Å². The van der Waals surface area contributed by atoms with E-state index in [-0.39, 0.29) is 51.1 Å². The van der Waals surface area contributed by atoms with Crippen molar-refractivity contribution in [3.05, 3.63) is 297 Å². The Labute approximate surface area is 821 Å². The van der Waals surface area contributed by atoms with Gasteiger partial charge in [0.15, 0.2) is 58.9 Å². The van der Waals surface area contributed by atoms with Crippen molar-refractivity contribution in [3.63, 3.8) is 0 Å². The molecule has 15 heterocycles. The largest absolute Gasteiger partial charge is 0.437 e. The number of rotatable bonds is 16. The fourth-order valence-electron chi connectivity index (χ4n) is 17.1. The van der Waals surface area contributed by atoms with Gasteiger partial charge in [-0.05, 0) is 234 Å². The van der Waals surface area contributed by atoms with Gasteiger partial charge in [-0.3, -0.25) is 0 Å². The molecule has 20 rings (SSSR count). The Morgan fingerprint density at radius 2 is 0.735 bits per heavy atom. The zero-order chi connectivity index (χ0) is 121. The number of hydrogen-bond acceptors (Lipinski definition) is 10. The molecule has 5 aromatic carbocycles. The number of nitrogens with zero attached hydrogens (tertiary/aromatic N) is 10. The number of aryl methyl sites for hydroxylation is 16. The standard InChI is InChI=1S/2C26H31N2O.2C22H23N2O.C21H21N2O/c2*1-15(2)12-19-9-11-21-20-10-8-17(5)24(25(20)29-26(21)27-19)23-13-22(16(3)4)18(6)14-28(23)7;1-13(2)18-10-9-17-16-8-7-15(4)20(21(16)25-22(17)23-18)19-11-6-14(3)12-24(19)5;1-5-6-16-11-12-24(4)19(13-16)20-14(2)7-9-17-18-10-8-15(3)23-22(18)25-21(17)20;1-4-6-15-10-12-23(3)18(13-15)19-14(2)8-9-16-17-7-5-11-22-21(17)24-20(16)19/h2*8-11,13-16H,12H2,1-7H3;6-13H,1-5H3;7-13H,5-6H2,1-4H3;5,7-13H,4,6H2,1-3H3/q5*+1/i1D3,3D3,6D3,12D2,15D,16D;1D3,6D3,12D2,15D,16D;3D3,6D,13D;2*6D2. The predicted octanol–water partition coefficient (Wildman–Crippen LogP) is 27.8. The maximum absolute atomic E-state index is 8.70. The fourth-order valence-corrected chi connectivity index (χ4v) is 17.1. The number of aromatic nitrogens is 10. The molecule has 3 atom stereocenters. The van der Waals surface area contributed by atoms with Gasteiger partial charge in [-0.25, -0.2) is 47.8 Å². The van der Waals surface area contributed by atoms with E-state index in [0.29, 0.717) is 124 Å². The average Bonchev–Trinajstić information content (AvgIpc) is 1.61. The Bertz CT molecular complexity index is 9350. The van der Waals surface area contributed by atoms with Gasteiger partial charge < -0.3 is 22.1 Å². The Kier molecular flexibility index (Phi) is 17.3. The van der Waals surface area contributed by atoms with Crippen LogP contribution in [0.1, 0.15) is 247 Å². The SMILES string of the molecule is [2H]C([2H])(CC)c1cc[n+](C)c(-c2c(C)ccc3c2oc2nc(C)ccc23)c1.[2H]C([2H])(CC)c1cc[n+](C)c(-c2c(C)ccc3c2oc2ncccc23)c1.[2H]C([2H])([2H])c1c[n+](C)c(-c2c(C)ccc3c2oc2nc(C([2H])([2H])C([2H])(C)C([2H])([2H])[2H])ccc23)cc1C([2H])(C)C.[2H]C([2H])([2H])c1c[n+](C)c(-c2c(C)ccc3c2oc2nc(C([2H])([2H])C([2H])(C)C([2H])([2H])[2H])ccc23)cc1C([2H])(C)C([2H])([2H])[2H].[2H]c1cc(-c2c(C)ccc3c2oc2nc(C([2H])(C)C)ccc23)[n+](C)cc1C([2H])([2H])[2H]. The van der Waals surface area contributed by atoms with Gasteiger partial charge >= 0.3 is 0 Å². The van der Waals surface area contributed by atoms with Crippen LogP contribution < -0.4 is 22.8 Å². The van der Waals surface area contributed by atoms with Gasteiger partial charge in [-0.1, -0.05) is 156 Å². The van der Waals surface area contributed by atoms with E-state index in [4.69, 9.17) is 66.0 Å². The first-order chi connectivity index (χ1) is 75.5. The van der Waals surface area contributed by atoms with E-state index in [2.05, 4.69) is 69.1 Å². The first-order valence-electron chi connectivity index (χ1n) is 59.7. The monoisotopic (exact) mass is 1790 g/mol. The van der Waals surface area contributed by atoms with Crippen molar-refractivity contribution in [1.29, 1.82) is 0 Å². The van der Waals surface area contributed by atoms with Crippen LogP contribution in [0.2, 0.25) is 0 Å². The molecule has 0 fully saturated rings. The number of fused-ring (bicyclic) bond motifs is 15. The number of hydrogen-bond donors (Lipinski definition) is 0. The molecule has 672 valence electrons. The highest BCUT2D eigenvalue weighted by Gasteiger charge is 2.30. The van der Waals surface area contributed by atoms with Crippen molar-refractivity contribution < 1.29 is 88.8 Å². The Hall–Kier alpha value is -13.4. The molecule has 0 amide bonds. The van der Waals surface area contributed by atoms with Crippen LogP contribution in [0.15, 0.2) is 229 Å². The molecule has 0 radical (unpaired) electrons. The minimum Gasteiger partial charge on any atom is -0.437 e. The zero-order valence-corrected chi connectivity index (χ0v) is 78.0. The highest BCUT2D eigenvalue weighted by molar-refractivity contribution is 6.13. The summed E-state index contributed by atoms with van der Waals surface area (Å²) in [6.07, 6.45) is 2.71. The molecule has 0 saturated carbocycles. The lowest BCUT2D eigenvalue weighted by molar-refractivity contribution is -0.660. The molecule has 0 N–H and O–H groups in total. The average molecular weight is 1790 g/mol. The molecular formula is C117H129N10O5+5.